The fourth-order valence-corrected chi connectivity index (χ4v) is 4.87. The highest BCUT2D eigenvalue weighted by Gasteiger charge is 2.37. The molecule has 4 heterocycles. The minimum absolute atomic E-state index is 0.000998. The molecule has 3 aromatic rings. The Morgan fingerprint density at radius 3 is 2.59 bits per heavy atom. The molecule has 2 saturated heterocycles. The van der Waals surface area contributed by atoms with E-state index in [1.54, 1.807) is 17.7 Å². The van der Waals surface area contributed by atoms with Gasteiger partial charge in [-0.1, -0.05) is 18.2 Å². The van der Waals surface area contributed by atoms with Crippen molar-refractivity contribution < 1.29 is 4.79 Å². The highest BCUT2D eigenvalue weighted by Crippen LogP contribution is 2.29. The summed E-state index contributed by atoms with van der Waals surface area (Å²) in [6.07, 6.45) is 2.55. The first-order valence-corrected chi connectivity index (χ1v) is 10.2. The van der Waals surface area contributed by atoms with Crippen LogP contribution >= 0.6 is 11.3 Å². The van der Waals surface area contributed by atoms with Gasteiger partial charge >= 0.3 is 0 Å². The van der Waals surface area contributed by atoms with Gasteiger partial charge in [-0.3, -0.25) is 9.69 Å². The van der Waals surface area contributed by atoms with Crippen LogP contribution in [0.3, 0.4) is 0 Å². The van der Waals surface area contributed by atoms with Crippen molar-refractivity contribution in [3.05, 3.63) is 48.1 Å². The zero-order valence-corrected chi connectivity index (χ0v) is 15.8. The summed E-state index contributed by atoms with van der Waals surface area (Å²) in [7, 11) is 0. The number of para-hydroxylation sites is 1. The van der Waals surface area contributed by atoms with Gasteiger partial charge in [0.25, 0.3) is 0 Å². The minimum atomic E-state index is -0.000998. The molecule has 5 rings (SSSR count). The van der Waals surface area contributed by atoms with Crippen LogP contribution in [0.1, 0.15) is 6.42 Å². The second-order valence-electron chi connectivity index (χ2n) is 6.99. The number of nitrogens with zero attached hydrogens (tertiary/aromatic N) is 5. The molecule has 1 atom stereocenters. The number of carbonyl (C=O) groups excluding carboxylic acids is 1. The average molecular weight is 379 g/mol. The number of hydrogen-bond donors (Lipinski definition) is 0. The van der Waals surface area contributed by atoms with Gasteiger partial charge in [0, 0.05) is 38.4 Å². The smallest absolute Gasteiger partial charge is 0.244 e. The maximum absolute atomic E-state index is 12.9. The molecule has 0 spiro atoms. The molecular weight excluding hydrogens is 358 g/mol. The minimum Gasteiger partial charge on any atom is -0.353 e. The van der Waals surface area contributed by atoms with Gasteiger partial charge in [-0.15, -0.1) is 11.3 Å². The van der Waals surface area contributed by atoms with Crippen molar-refractivity contribution in [2.24, 2.45) is 0 Å². The highest BCUT2D eigenvalue weighted by molar-refractivity contribution is 7.16. The average Bonchev–Trinajstić information content (AvgIpc) is 3.35. The normalized spacial score (nSPS) is 21.3. The van der Waals surface area contributed by atoms with Crippen LogP contribution in [0.5, 0.6) is 0 Å². The molecule has 1 aromatic carbocycles. The van der Waals surface area contributed by atoms with E-state index in [2.05, 4.69) is 31.2 Å². The molecule has 2 aliphatic rings. The predicted molar refractivity (Wildman–Crippen MR) is 108 cm³/mol. The zero-order valence-electron chi connectivity index (χ0n) is 15.0. The molecular formula is C20H21N5OS. The Kier molecular flexibility index (Phi) is 4.26. The van der Waals surface area contributed by atoms with E-state index in [9.17, 15) is 4.79 Å². The van der Waals surface area contributed by atoms with Gasteiger partial charge in [0.05, 0.1) is 11.4 Å². The summed E-state index contributed by atoms with van der Waals surface area (Å²) in [4.78, 5) is 29.4. The number of aromatic nitrogens is 2. The lowest BCUT2D eigenvalue weighted by atomic mass is 10.1. The monoisotopic (exact) mass is 379 g/mol. The number of amides is 1. The summed E-state index contributed by atoms with van der Waals surface area (Å²) in [5.41, 5.74) is 1.00. The van der Waals surface area contributed by atoms with Gasteiger partial charge in [-0.25, -0.2) is 9.97 Å². The van der Waals surface area contributed by atoms with Crippen LogP contribution in [0, 0.1) is 0 Å². The summed E-state index contributed by atoms with van der Waals surface area (Å²) in [5.74, 6) is 1.25. The topological polar surface area (TPSA) is 52.6 Å². The quantitative estimate of drug-likeness (QED) is 0.700. The van der Waals surface area contributed by atoms with Crippen LogP contribution in [0.15, 0.2) is 48.1 Å². The molecule has 7 heteroatoms. The SMILES string of the molecule is O=C1C(N2CCN(c3ncnc4sccc34)CC2)CCN1c1ccccc1. The maximum atomic E-state index is 12.9. The van der Waals surface area contributed by atoms with Crippen LogP contribution in [0.25, 0.3) is 10.2 Å². The first-order valence-electron chi connectivity index (χ1n) is 9.35. The van der Waals surface area contributed by atoms with E-state index in [4.69, 9.17) is 0 Å². The van der Waals surface area contributed by atoms with E-state index in [1.807, 2.05) is 35.2 Å². The number of fused-ring (bicyclic) bond motifs is 1. The summed E-state index contributed by atoms with van der Waals surface area (Å²) in [5, 5.41) is 3.19. The second-order valence-corrected chi connectivity index (χ2v) is 7.88. The Labute approximate surface area is 162 Å². The molecule has 0 aliphatic carbocycles. The highest BCUT2D eigenvalue weighted by atomic mass is 32.1. The van der Waals surface area contributed by atoms with Gasteiger partial charge in [-0.05, 0) is 30.0 Å². The van der Waals surface area contributed by atoms with Crippen molar-refractivity contribution >= 4 is 39.0 Å². The van der Waals surface area contributed by atoms with Crippen molar-refractivity contribution in [2.45, 2.75) is 12.5 Å². The third-order valence-electron chi connectivity index (χ3n) is 5.54. The van der Waals surface area contributed by atoms with E-state index in [-0.39, 0.29) is 11.9 Å². The molecule has 27 heavy (non-hydrogen) atoms. The summed E-state index contributed by atoms with van der Waals surface area (Å²) in [6.45, 7) is 4.34. The molecule has 0 N–H and O–H groups in total. The molecule has 1 unspecified atom stereocenters. The van der Waals surface area contributed by atoms with E-state index in [0.717, 1.165) is 60.9 Å². The van der Waals surface area contributed by atoms with Gasteiger partial charge in [-0.2, -0.15) is 0 Å². The Morgan fingerprint density at radius 2 is 1.78 bits per heavy atom. The van der Waals surface area contributed by atoms with Gasteiger partial charge in [0.2, 0.25) is 5.91 Å². The number of anilines is 2. The number of hydrogen-bond acceptors (Lipinski definition) is 6. The van der Waals surface area contributed by atoms with Crippen LogP contribution in [0.2, 0.25) is 0 Å². The molecule has 2 aromatic heterocycles. The standard InChI is InChI=1S/C20H21N5OS/c26-20-17(6-8-25(20)15-4-2-1-3-5-15)23-9-11-24(12-10-23)18-16-7-13-27-19(16)22-14-21-18/h1-5,7,13-14,17H,6,8-12H2. The molecule has 138 valence electrons. The molecule has 2 aliphatic heterocycles. The fraction of sp³-hybridized carbons (Fsp3) is 0.350. The van der Waals surface area contributed by atoms with Crippen LogP contribution in [-0.4, -0.2) is 59.5 Å². The lowest BCUT2D eigenvalue weighted by Gasteiger charge is -2.38. The molecule has 0 bridgehead atoms. The Bertz CT molecular complexity index is 951. The number of carbonyl (C=O) groups is 1. The van der Waals surface area contributed by atoms with Gasteiger partial charge in [0.1, 0.15) is 17.0 Å². The van der Waals surface area contributed by atoms with Crippen molar-refractivity contribution in [3.8, 4) is 0 Å². The summed E-state index contributed by atoms with van der Waals surface area (Å²) >= 11 is 1.65. The first kappa shape index (κ1) is 16.6. The van der Waals surface area contributed by atoms with Crippen LogP contribution in [-0.2, 0) is 4.79 Å². The maximum Gasteiger partial charge on any atom is 0.244 e. The summed E-state index contributed by atoms with van der Waals surface area (Å²) in [6, 6.07) is 12.1. The first-order chi connectivity index (χ1) is 13.3. The third-order valence-corrected chi connectivity index (χ3v) is 6.36. The van der Waals surface area contributed by atoms with E-state index in [1.165, 1.54) is 0 Å². The van der Waals surface area contributed by atoms with Crippen molar-refractivity contribution in [2.75, 3.05) is 42.5 Å². The van der Waals surface area contributed by atoms with Crippen molar-refractivity contribution in [3.63, 3.8) is 0 Å². The number of rotatable bonds is 3. The van der Waals surface area contributed by atoms with Crippen molar-refractivity contribution in [1.29, 1.82) is 0 Å². The molecule has 1 amide bonds. The van der Waals surface area contributed by atoms with Crippen LogP contribution < -0.4 is 9.80 Å². The largest absolute Gasteiger partial charge is 0.353 e. The van der Waals surface area contributed by atoms with Crippen molar-refractivity contribution in [1.82, 2.24) is 14.9 Å². The second kappa shape index (κ2) is 6.90. The number of thiophene rings is 1. The Morgan fingerprint density at radius 1 is 0.963 bits per heavy atom. The molecule has 0 saturated carbocycles. The molecule has 2 fully saturated rings. The van der Waals surface area contributed by atoms with Gasteiger partial charge < -0.3 is 9.80 Å². The number of benzene rings is 1. The third kappa shape index (κ3) is 2.96. The van der Waals surface area contributed by atoms with Crippen LogP contribution in [0.4, 0.5) is 11.5 Å². The van der Waals surface area contributed by atoms with E-state index < -0.39 is 0 Å². The van der Waals surface area contributed by atoms with E-state index in [0.29, 0.717) is 0 Å². The molecule has 6 nitrogen and oxygen atoms in total. The lowest BCUT2D eigenvalue weighted by Crippen LogP contribution is -2.52. The number of piperazine rings is 1. The lowest BCUT2D eigenvalue weighted by molar-refractivity contribution is -0.121. The Balaban J connectivity index is 1.27. The summed E-state index contributed by atoms with van der Waals surface area (Å²) < 4.78 is 0. The van der Waals surface area contributed by atoms with E-state index >= 15 is 0 Å². The fourth-order valence-electron chi connectivity index (χ4n) is 4.14. The zero-order chi connectivity index (χ0) is 18.2. The molecule has 0 radical (unpaired) electrons. The van der Waals surface area contributed by atoms with Gasteiger partial charge in [0.15, 0.2) is 0 Å². The Hall–Kier alpha value is -2.51. The predicted octanol–water partition coefficient (Wildman–Crippen LogP) is 2.62.